The molecule has 1 aromatic carbocycles. The molecule has 7 heteroatoms. The van der Waals surface area contributed by atoms with E-state index in [4.69, 9.17) is 10.5 Å². The van der Waals surface area contributed by atoms with Gasteiger partial charge in [0.05, 0.1) is 6.04 Å². The van der Waals surface area contributed by atoms with Crippen molar-refractivity contribution in [1.82, 2.24) is 0 Å². The van der Waals surface area contributed by atoms with E-state index in [0.717, 1.165) is 31.6 Å². The van der Waals surface area contributed by atoms with Crippen molar-refractivity contribution < 1.29 is 9.53 Å². The van der Waals surface area contributed by atoms with Gasteiger partial charge in [-0.25, -0.2) is 0 Å². The molecular weight excluding hydrogens is 373 g/mol. The van der Waals surface area contributed by atoms with E-state index >= 15 is 0 Å². The molecule has 148 valence electrons. The third-order valence-corrected chi connectivity index (χ3v) is 5.16. The quantitative estimate of drug-likeness (QED) is 0.805. The maximum absolute atomic E-state index is 12.5. The van der Waals surface area contributed by atoms with Gasteiger partial charge in [-0.05, 0) is 49.8 Å². The number of anilines is 2. The summed E-state index contributed by atoms with van der Waals surface area (Å²) >= 11 is 0. The van der Waals surface area contributed by atoms with Gasteiger partial charge in [-0.15, -0.1) is 24.8 Å². The van der Waals surface area contributed by atoms with Crippen molar-refractivity contribution >= 4 is 42.1 Å². The van der Waals surface area contributed by atoms with Crippen LogP contribution in [0.1, 0.15) is 38.5 Å². The molecule has 3 rings (SSSR count). The van der Waals surface area contributed by atoms with Crippen LogP contribution in [0.4, 0.5) is 11.4 Å². The van der Waals surface area contributed by atoms with Crippen LogP contribution in [-0.2, 0) is 9.53 Å². The van der Waals surface area contributed by atoms with E-state index in [2.05, 4.69) is 22.3 Å². The predicted molar refractivity (Wildman–Crippen MR) is 112 cm³/mol. The van der Waals surface area contributed by atoms with E-state index in [1.165, 1.54) is 31.4 Å². The summed E-state index contributed by atoms with van der Waals surface area (Å²) in [5, 5.41) is 3.00. The Labute approximate surface area is 168 Å². The normalized spacial score (nSPS) is 19.5. The predicted octanol–water partition coefficient (Wildman–Crippen LogP) is 3.60. The molecule has 0 saturated carbocycles. The van der Waals surface area contributed by atoms with Gasteiger partial charge in [-0.2, -0.15) is 0 Å². The van der Waals surface area contributed by atoms with Crippen molar-refractivity contribution in [3.63, 3.8) is 0 Å². The first-order chi connectivity index (χ1) is 11.7. The zero-order chi connectivity index (χ0) is 16.8. The maximum atomic E-state index is 12.5. The molecule has 5 nitrogen and oxygen atoms in total. The summed E-state index contributed by atoms with van der Waals surface area (Å²) in [5.74, 6) is 0.127. The molecule has 2 heterocycles. The monoisotopic (exact) mass is 403 g/mol. The van der Waals surface area contributed by atoms with Crippen LogP contribution in [-0.4, -0.2) is 38.3 Å². The van der Waals surface area contributed by atoms with Gasteiger partial charge in [0.1, 0.15) is 0 Å². The van der Waals surface area contributed by atoms with Crippen molar-refractivity contribution in [2.75, 3.05) is 36.5 Å². The van der Waals surface area contributed by atoms with Crippen LogP contribution >= 0.6 is 24.8 Å². The molecule has 1 amide bonds. The van der Waals surface area contributed by atoms with Gasteiger partial charge < -0.3 is 20.7 Å². The Morgan fingerprint density at radius 1 is 1.12 bits per heavy atom. The number of carbonyl (C=O) groups is 1. The molecule has 2 fully saturated rings. The number of nitrogens with one attached hydrogen (secondary N) is 1. The van der Waals surface area contributed by atoms with E-state index < -0.39 is 6.04 Å². The SMILES string of the molecule is Cl.Cl.NC(C(=O)Nc1cccc(N2CCCCCC2)c1)C1CCOCC1. The zero-order valence-electron chi connectivity index (χ0n) is 15.2. The number of amides is 1. The van der Waals surface area contributed by atoms with E-state index in [1.54, 1.807) is 0 Å². The molecule has 0 radical (unpaired) electrons. The third-order valence-electron chi connectivity index (χ3n) is 5.16. The lowest BCUT2D eigenvalue weighted by Gasteiger charge is -2.27. The van der Waals surface area contributed by atoms with Gasteiger partial charge >= 0.3 is 0 Å². The van der Waals surface area contributed by atoms with Gasteiger partial charge in [-0.1, -0.05) is 18.9 Å². The van der Waals surface area contributed by atoms with Gasteiger partial charge in [0, 0.05) is 37.7 Å². The molecule has 1 atom stereocenters. The summed E-state index contributed by atoms with van der Waals surface area (Å²) in [6.45, 7) is 3.60. The molecule has 2 aliphatic rings. The number of nitrogens with zero attached hydrogens (tertiary/aromatic N) is 1. The van der Waals surface area contributed by atoms with Crippen LogP contribution < -0.4 is 16.0 Å². The summed E-state index contributed by atoms with van der Waals surface area (Å²) in [7, 11) is 0. The second kappa shape index (κ2) is 11.7. The van der Waals surface area contributed by atoms with Crippen molar-refractivity contribution in [3.05, 3.63) is 24.3 Å². The second-order valence-electron chi connectivity index (χ2n) is 6.92. The lowest BCUT2D eigenvalue weighted by atomic mass is 9.92. The first-order valence-corrected chi connectivity index (χ1v) is 9.23. The number of hydrogen-bond donors (Lipinski definition) is 2. The van der Waals surface area contributed by atoms with Gasteiger partial charge in [0.25, 0.3) is 0 Å². The minimum absolute atomic E-state index is 0. The van der Waals surface area contributed by atoms with Crippen LogP contribution in [0.15, 0.2) is 24.3 Å². The molecule has 26 heavy (non-hydrogen) atoms. The number of halogens is 2. The fourth-order valence-corrected chi connectivity index (χ4v) is 3.62. The minimum atomic E-state index is -0.462. The highest BCUT2D eigenvalue weighted by molar-refractivity contribution is 5.95. The van der Waals surface area contributed by atoms with Crippen LogP contribution in [0, 0.1) is 5.92 Å². The Hall–Kier alpha value is -1.01. The number of ether oxygens (including phenoxy) is 1. The van der Waals surface area contributed by atoms with Crippen LogP contribution in [0.25, 0.3) is 0 Å². The number of nitrogens with two attached hydrogens (primary N) is 1. The molecule has 1 unspecified atom stereocenters. The van der Waals surface area contributed by atoms with Crippen LogP contribution in [0.2, 0.25) is 0 Å². The smallest absolute Gasteiger partial charge is 0.241 e. The summed E-state index contributed by atoms with van der Waals surface area (Å²) in [6.07, 6.45) is 6.83. The Bertz CT molecular complexity index is 545. The average Bonchev–Trinajstić information content (AvgIpc) is 2.91. The molecule has 3 N–H and O–H groups in total. The van der Waals surface area contributed by atoms with Crippen molar-refractivity contribution in [3.8, 4) is 0 Å². The Balaban J connectivity index is 0.00000169. The van der Waals surface area contributed by atoms with Crippen molar-refractivity contribution in [2.24, 2.45) is 11.7 Å². The van der Waals surface area contributed by atoms with E-state index in [0.29, 0.717) is 13.2 Å². The average molecular weight is 404 g/mol. The summed E-state index contributed by atoms with van der Waals surface area (Å²) < 4.78 is 5.35. The lowest BCUT2D eigenvalue weighted by Crippen LogP contribution is -2.44. The topological polar surface area (TPSA) is 67.6 Å². The first-order valence-electron chi connectivity index (χ1n) is 9.23. The summed E-state index contributed by atoms with van der Waals surface area (Å²) in [5.41, 5.74) is 8.19. The minimum Gasteiger partial charge on any atom is -0.381 e. The highest BCUT2D eigenvalue weighted by Gasteiger charge is 2.26. The first kappa shape index (κ1) is 23.0. The fourth-order valence-electron chi connectivity index (χ4n) is 3.62. The molecule has 0 aliphatic carbocycles. The number of carbonyl (C=O) groups excluding carboxylic acids is 1. The zero-order valence-corrected chi connectivity index (χ0v) is 16.8. The molecular formula is C19H31Cl2N3O2. The molecule has 2 aliphatic heterocycles. The number of rotatable bonds is 4. The third kappa shape index (κ3) is 6.31. The van der Waals surface area contributed by atoms with Gasteiger partial charge in [0.15, 0.2) is 0 Å². The number of benzene rings is 1. The number of hydrogen-bond acceptors (Lipinski definition) is 4. The summed E-state index contributed by atoms with van der Waals surface area (Å²) in [6, 6.07) is 7.68. The second-order valence-corrected chi connectivity index (χ2v) is 6.92. The van der Waals surface area contributed by atoms with Crippen molar-refractivity contribution in [1.29, 1.82) is 0 Å². The molecule has 0 bridgehead atoms. The Kier molecular flexibility index (Phi) is 10.3. The van der Waals surface area contributed by atoms with E-state index in [-0.39, 0.29) is 36.6 Å². The van der Waals surface area contributed by atoms with Crippen LogP contribution in [0.5, 0.6) is 0 Å². The molecule has 1 aromatic rings. The molecule has 2 saturated heterocycles. The molecule has 0 aromatic heterocycles. The largest absolute Gasteiger partial charge is 0.381 e. The van der Waals surface area contributed by atoms with E-state index in [9.17, 15) is 4.79 Å². The fraction of sp³-hybridized carbons (Fsp3) is 0.632. The Morgan fingerprint density at radius 2 is 1.77 bits per heavy atom. The molecule has 0 spiro atoms. The maximum Gasteiger partial charge on any atom is 0.241 e. The highest BCUT2D eigenvalue weighted by atomic mass is 35.5. The lowest BCUT2D eigenvalue weighted by molar-refractivity contribution is -0.119. The Morgan fingerprint density at radius 3 is 2.42 bits per heavy atom. The van der Waals surface area contributed by atoms with Crippen LogP contribution in [0.3, 0.4) is 0 Å². The van der Waals surface area contributed by atoms with Gasteiger partial charge in [0.2, 0.25) is 5.91 Å². The van der Waals surface area contributed by atoms with E-state index in [1.807, 2.05) is 12.1 Å². The highest BCUT2D eigenvalue weighted by Crippen LogP contribution is 2.24. The van der Waals surface area contributed by atoms with Gasteiger partial charge in [-0.3, -0.25) is 4.79 Å². The standard InChI is InChI=1S/C19H29N3O2.2ClH/c20-18(15-8-12-24-13-9-15)19(23)21-16-6-5-7-17(14-16)22-10-3-1-2-4-11-22;;/h5-7,14-15,18H,1-4,8-13,20H2,(H,21,23);2*1H. The van der Waals surface area contributed by atoms with Crippen molar-refractivity contribution in [2.45, 2.75) is 44.6 Å². The summed E-state index contributed by atoms with van der Waals surface area (Å²) in [4.78, 5) is 14.9.